The molecule has 0 fully saturated rings. The second-order valence-corrected chi connectivity index (χ2v) is 5.83. The summed E-state index contributed by atoms with van der Waals surface area (Å²) < 4.78 is 38.8. The van der Waals surface area contributed by atoms with Gasteiger partial charge in [-0.05, 0) is 24.1 Å². The van der Waals surface area contributed by atoms with E-state index in [1.54, 1.807) is 0 Å². The Morgan fingerprint density at radius 3 is 2.27 bits per heavy atom. The smallest absolute Gasteiger partial charge is 0.336 e. The minimum absolute atomic E-state index is 0.215. The van der Waals surface area contributed by atoms with Gasteiger partial charge < -0.3 is 10.2 Å². The van der Waals surface area contributed by atoms with Crippen molar-refractivity contribution < 1.29 is 22.8 Å². The first-order chi connectivity index (χ1) is 12.3. The number of carbonyl (C=O) groups is 2. The Morgan fingerprint density at radius 2 is 1.62 bits per heavy atom. The van der Waals surface area contributed by atoms with Crippen molar-refractivity contribution in [2.45, 2.75) is 19.0 Å². The number of hydrogen-bond acceptors (Lipinski definition) is 2. The van der Waals surface area contributed by atoms with Gasteiger partial charge in [-0.25, -0.2) is 0 Å². The van der Waals surface area contributed by atoms with E-state index < -0.39 is 17.6 Å². The van der Waals surface area contributed by atoms with Crippen LogP contribution in [0.1, 0.15) is 17.5 Å². The van der Waals surface area contributed by atoms with Crippen LogP contribution in [0, 0.1) is 0 Å². The molecule has 2 aromatic rings. The van der Waals surface area contributed by atoms with Crippen molar-refractivity contribution in [2.75, 3.05) is 18.9 Å². The fraction of sp³-hybridized carbons (Fsp3) is 0.263. The summed E-state index contributed by atoms with van der Waals surface area (Å²) in [4.78, 5) is 25.3. The normalized spacial score (nSPS) is 11.1. The predicted octanol–water partition coefficient (Wildman–Crippen LogP) is 3.74. The molecule has 0 aliphatic rings. The van der Waals surface area contributed by atoms with Crippen LogP contribution in [0.5, 0.6) is 0 Å². The van der Waals surface area contributed by atoms with E-state index in [0.29, 0.717) is 6.42 Å². The number of benzene rings is 2. The number of halogens is 3. The maximum atomic E-state index is 12.9. The van der Waals surface area contributed by atoms with Crippen LogP contribution < -0.4 is 5.32 Å². The zero-order chi connectivity index (χ0) is 19.2. The standard InChI is InChI=1S/C19H19F3N2O2/c1-24(18(26)12-11-14-7-3-2-4-8-14)13-17(25)23-16-10-6-5-9-15(16)19(20,21)22/h2-10H,11-13H2,1H3,(H,23,25). The first-order valence-corrected chi connectivity index (χ1v) is 8.01. The van der Waals surface area contributed by atoms with Crippen LogP contribution in [0.4, 0.5) is 18.9 Å². The predicted molar refractivity (Wildman–Crippen MR) is 92.5 cm³/mol. The van der Waals surface area contributed by atoms with E-state index in [2.05, 4.69) is 5.32 Å². The molecule has 138 valence electrons. The quantitative estimate of drug-likeness (QED) is 0.849. The molecule has 26 heavy (non-hydrogen) atoms. The Morgan fingerprint density at radius 1 is 1.00 bits per heavy atom. The molecule has 0 saturated heterocycles. The molecular formula is C19H19F3N2O2. The summed E-state index contributed by atoms with van der Waals surface area (Å²) in [5, 5.41) is 2.22. The Bertz CT molecular complexity index is 761. The van der Waals surface area contributed by atoms with E-state index in [1.807, 2.05) is 30.3 Å². The maximum Gasteiger partial charge on any atom is 0.418 e. The van der Waals surface area contributed by atoms with Crippen molar-refractivity contribution in [1.29, 1.82) is 0 Å². The molecule has 0 spiro atoms. The van der Waals surface area contributed by atoms with E-state index in [0.717, 1.165) is 11.6 Å². The van der Waals surface area contributed by atoms with Crippen LogP contribution >= 0.6 is 0 Å². The van der Waals surface area contributed by atoms with Crippen LogP contribution in [0.2, 0.25) is 0 Å². The van der Waals surface area contributed by atoms with Crippen molar-refractivity contribution in [1.82, 2.24) is 4.90 Å². The third kappa shape index (κ3) is 5.61. The average Bonchev–Trinajstić information content (AvgIpc) is 2.60. The number of aryl methyl sites for hydroxylation is 1. The number of anilines is 1. The molecule has 0 aliphatic carbocycles. The summed E-state index contributed by atoms with van der Waals surface area (Å²) in [5.41, 5.74) is -0.251. The fourth-order valence-electron chi connectivity index (χ4n) is 2.42. The summed E-state index contributed by atoms with van der Waals surface area (Å²) in [6.45, 7) is -0.320. The van der Waals surface area contributed by atoms with Gasteiger partial charge in [0.2, 0.25) is 11.8 Å². The third-order valence-electron chi connectivity index (χ3n) is 3.78. The topological polar surface area (TPSA) is 49.4 Å². The van der Waals surface area contributed by atoms with E-state index >= 15 is 0 Å². The van der Waals surface area contributed by atoms with Crippen molar-refractivity contribution in [3.63, 3.8) is 0 Å². The second-order valence-electron chi connectivity index (χ2n) is 5.83. The van der Waals surface area contributed by atoms with Gasteiger partial charge in [-0.3, -0.25) is 9.59 Å². The summed E-state index contributed by atoms with van der Waals surface area (Å²) in [7, 11) is 1.45. The molecule has 0 heterocycles. The molecule has 0 bridgehead atoms. The summed E-state index contributed by atoms with van der Waals surface area (Å²) in [6.07, 6.45) is -3.82. The first-order valence-electron chi connectivity index (χ1n) is 8.01. The molecule has 2 rings (SSSR count). The molecule has 0 saturated carbocycles. The first kappa shape index (κ1) is 19.5. The van der Waals surface area contributed by atoms with Crippen LogP contribution in [0.15, 0.2) is 54.6 Å². The largest absolute Gasteiger partial charge is 0.418 e. The Hall–Kier alpha value is -2.83. The zero-order valence-electron chi connectivity index (χ0n) is 14.2. The summed E-state index contributed by atoms with van der Waals surface area (Å²) in [5.74, 6) is -0.939. The number of amides is 2. The van der Waals surface area contributed by atoms with Gasteiger partial charge >= 0.3 is 6.18 Å². The highest BCUT2D eigenvalue weighted by atomic mass is 19.4. The highest BCUT2D eigenvalue weighted by Crippen LogP contribution is 2.34. The van der Waals surface area contributed by atoms with E-state index in [-0.39, 0.29) is 24.6 Å². The molecule has 4 nitrogen and oxygen atoms in total. The van der Waals surface area contributed by atoms with Crippen LogP contribution in [-0.4, -0.2) is 30.3 Å². The molecule has 2 aromatic carbocycles. The fourth-order valence-corrected chi connectivity index (χ4v) is 2.42. The Balaban J connectivity index is 1.90. The number of nitrogens with zero attached hydrogens (tertiary/aromatic N) is 1. The van der Waals surface area contributed by atoms with Gasteiger partial charge in [0.1, 0.15) is 0 Å². The minimum Gasteiger partial charge on any atom is -0.336 e. The van der Waals surface area contributed by atoms with E-state index in [9.17, 15) is 22.8 Å². The Kier molecular flexibility index (Phi) is 6.38. The number of hydrogen-bond donors (Lipinski definition) is 1. The average molecular weight is 364 g/mol. The molecule has 1 N–H and O–H groups in total. The molecule has 0 aromatic heterocycles. The number of para-hydroxylation sites is 1. The molecule has 2 amide bonds. The number of rotatable bonds is 6. The minimum atomic E-state index is -4.57. The van der Waals surface area contributed by atoms with Gasteiger partial charge in [0.15, 0.2) is 0 Å². The van der Waals surface area contributed by atoms with Crippen molar-refractivity contribution in [3.8, 4) is 0 Å². The van der Waals surface area contributed by atoms with E-state index in [1.165, 1.54) is 30.1 Å². The third-order valence-corrected chi connectivity index (χ3v) is 3.78. The van der Waals surface area contributed by atoms with E-state index in [4.69, 9.17) is 0 Å². The zero-order valence-corrected chi connectivity index (χ0v) is 14.2. The SMILES string of the molecule is CN(CC(=O)Nc1ccccc1C(F)(F)F)C(=O)CCc1ccccc1. The van der Waals surface area contributed by atoms with Gasteiger partial charge in [0.05, 0.1) is 17.8 Å². The lowest BCUT2D eigenvalue weighted by Crippen LogP contribution is -2.35. The maximum absolute atomic E-state index is 12.9. The molecule has 0 atom stereocenters. The second kappa shape index (κ2) is 8.51. The lowest BCUT2D eigenvalue weighted by molar-refractivity contribution is -0.137. The molecular weight excluding hydrogens is 345 g/mol. The van der Waals surface area contributed by atoms with Gasteiger partial charge in [0, 0.05) is 13.5 Å². The van der Waals surface area contributed by atoms with Crippen molar-refractivity contribution >= 4 is 17.5 Å². The van der Waals surface area contributed by atoms with Gasteiger partial charge in [-0.1, -0.05) is 42.5 Å². The van der Waals surface area contributed by atoms with Crippen LogP contribution in [0.25, 0.3) is 0 Å². The number of likely N-dealkylation sites (N-methyl/N-ethyl adjacent to an activating group) is 1. The highest BCUT2D eigenvalue weighted by molar-refractivity contribution is 5.95. The molecule has 7 heteroatoms. The summed E-state index contributed by atoms with van der Waals surface area (Å²) >= 11 is 0. The lowest BCUT2D eigenvalue weighted by Gasteiger charge is -2.18. The lowest BCUT2D eigenvalue weighted by atomic mass is 10.1. The van der Waals surface area contributed by atoms with Gasteiger partial charge in [0.25, 0.3) is 0 Å². The van der Waals surface area contributed by atoms with Gasteiger partial charge in [-0.15, -0.1) is 0 Å². The number of carbonyl (C=O) groups excluding carboxylic acids is 2. The summed E-state index contributed by atoms with van der Waals surface area (Å²) in [6, 6.07) is 14.1. The number of alkyl halides is 3. The van der Waals surface area contributed by atoms with Crippen LogP contribution in [0.3, 0.4) is 0 Å². The van der Waals surface area contributed by atoms with Crippen LogP contribution in [-0.2, 0) is 22.2 Å². The number of nitrogens with one attached hydrogen (secondary N) is 1. The van der Waals surface area contributed by atoms with Crippen molar-refractivity contribution in [3.05, 3.63) is 65.7 Å². The highest BCUT2D eigenvalue weighted by Gasteiger charge is 2.33. The van der Waals surface area contributed by atoms with Gasteiger partial charge in [-0.2, -0.15) is 13.2 Å². The molecule has 0 aliphatic heterocycles. The monoisotopic (exact) mass is 364 g/mol. The molecule has 0 radical (unpaired) electrons. The Labute approximate surface area is 149 Å². The van der Waals surface area contributed by atoms with Crippen molar-refractivity contribution in [2.24, 2.45) is 0 Å². The molecule has 0 unspecified atom stereocenters.